The maximum Gasteiger partial charge on any atom is 0.327 e. The minimum Gasteiger partial charge on any atom is -0.489 e. The fourth-order valence-electron chi connectivity index (χ4n) is 3.69. The number of pyridine rings is 1. The van der Waals surface area contributed by atoms with Crippen LogP contribution in [0.3, 0.4) is 0 Å². The van der Waals surface area contributed by atoms with Crippen LogP contribution in [-0.4, -0.2) is 28.0 Å². The van der Waals surface area contributed by atoms with Gasteiger partial charge >= 0.3 is 5.97 Å². The van der Waals surface area contributed by atoms with Crippen LogP contribution in [0.1, 0.15) is 11.1 Å². The zero-order chi connectivity index (χ0) is 22.0. The number of amides is 1. The summed E-state index contributed by atoms with van der Waals surface area (Å²) in [6.45, 7) is 0.261. The lowest BCUT2D eigenvalue weighted by atomic mass is 9.82. The normalized spacial score (nSPS) is 17.8. The predicted molar refractivity (Wildman–Crippen MR) is 112 cm³/mol. The molecular weight excluding hydrogens is 401 g/mol. The van der Waals surface area contributed by atoms with Gasteiger partial charge in [-0.25, -0.2) is 14.2 Å². The third-order valence-corrected chi connectivity index (χ3v) is 5.20. The van der Waals surface area contributed by atoms with Gasteiger partial charge in [0, 0.05) is 12.3 Å². The van der Waals surface area contributed by atoms with E-state index < -0.39 is 29.7 Å². The lowest BCUT2D eigenvalue weighted by Gasteiger charge is -2.44. The molecule has 1 amide bonds. The van der Waals surface area contributed by atoms with Gasteiger partial charge in [-0.15, -0.1) is 0 Å². The van der Waals surface area contributed by atoms with Gasteiger partial charge in [0.1, 0.15) is 24.2 Å². The Hall–Kier alpha value is -3.94. The number of carbonyl (C=O) groups excluding carboxylic acids is 1. The molecule has 0 aliphatic carbocycles. The smallest absolute Gasteiger partial charge is 0.327 e. The van der Waals surface area contributed by atoms with Gasteiger partial charge in [-0.05, 0) is 41.8 Å². The molecule has 1 aliphatic heterocycles. The third kappa shape index (κ3) is 4.18. The van der Waals surface area contributed by atoms with Crippen LogP contribution in [0.5, 0.6) is 5.75 Å². The van der Waals surface area contributed by atoms with Crippen molar-refractivity contribution in [2.24, 2.45) is 5.92 Å². The monoisotopic (exact) mass is 421 g/mol. The second kappa shape index (κ2) is 8.43. The van der Waals surface area contributed by atoms with Gasteiger partial charge < -0.3 is 15.6 Å². The highest BCUT2D eigenvalue weighted by atomic mass is 19.1. The summed E-state index contributed by atoms with van der Waals surface area (Å²) >= 11 is 0. The Kier molecular flexibility index (Phi) is 5.53. The number of β-lactam (4-membered cyclic amide) rings is 1. The molecule has 3 N–H and O–H groups in total. The van der Waals surface area contributed by atoms with Crippen molar-refractivity contribution in [3.8, 4) is 5.75 Å². The van der Waals surface area contributed by atoms with E-state index in [1.165, 1.54) is 18.3 Å². The topological polar surface area (TPSA) is 106 Å². The fourth-order valence-corrected chi connectivity index (χ4v) is 3.69. The van der Waals surface area contributed by atoms with Crippen molar-refractivity contribution in [2.45, 2.75) is 19.1 Å². The first kappa shape index (κ1) is 20.3. The molecule has 31 heavy (non-hydrogen) atoms. The predicted octanol–water partition coefficient (Wildman–Crippen LogP) is 3.04. The third-order valence-electron chi connectivity index (χ3n) is 5.20. The number of nitrogens with two attached hydrogens (primary N) is 1. The number of carbonyl (C=O) groups is 2. The van der Waals surface area contributed by atoms with Gasteiger partial charge in [0.25, 0.3) is 0 Å². The van der Waals surface area contributed by atoms with Crippen LogP contribution >= 0.6 is 0 Å². The van der Waals surface area contributed by atoms with E-state index >= 15 is 0 Å². The number of carboxylic acid groups (broad SMARTS) is 1. The van der Waals surface area contributed by atoms with Crippen LogP contribution < -0.4 is 15.4 Å². The minimum absolute atomic E-state index is 0.0880. The van der Waals surface area contributed by atoms with Crippen LogP contribution in [0.2, 0.25) is 0 Å². The van der Waals surface area contributed by atoms with Crippen LogP contribution in [-0.2, 0) is 22.6 Å². The maximum absolute atomic E-state index is 14.8. The quantitative estimate of drug-likeness (QED) is 0.568. The average molecular weight is 421 g/mol. The van der Waals surface area contributed by atoms with Crippen LogP contribution in [0.15, 0.2) is 66.9 Å². The maximum atomic E-state index is 14.8. The summed E-state index contributed by atoms with van der Waals surface area (Å²) < 4.78 is 20.4. The van der Waals surface area contributed by atoms with E-state index in [2.05, 4.69) is 4.98 Å². The van der Waals surface area contributed by atoms with Crippen molar-refractivity contribution in [1.29, 1.82) is 0 Å². The van der Waals surface area contributed by atoms with Gasteiger partial charge in [-0.2, -0.15) is 0 Å². The Morgan fingerprint density at radius 1 is 1.13 bits per heavy atom. The minimum atomic E-state index is -1.20. The van der Waals surface area contributed by atoms with Crippen molar-refractivity contribution in [2.75, 3.05) is 10.6 Å². The van der Waals surface area contributed by atoms with E-state index in [-0.39, 0.29) is 30.3 Å². The molecule has 7 nitrogen and oxygen atoms in total. The summed E-state index contributed by atoms with van der Waals surface area (Å²) in [5.74, 6) is -2.63. The Morgan fingerprint density at radius 2 is 1.90 bits per heavy atom. The molecule has 0 radical (unpaired) electrons. The molecule has 0 saturated carbocycles. The molecule has 1 saturated heterocycles. The molecule has 2 heterocycles. The standard InChI is InChI=1S/C23H20FN3O4/c24-18-12-16(31-13-14-4-2-1-3-5-14)6-7-19(18)27-21(23(29)30)17(22(27)28)10-15-8-9-26-20(25)11-15/h1-9,11-12,17,21H,10,13H2,(H2,25,26)(H,29,30)/t17-,21+/m1/s1. The molecule has 0 unspecified atom stereocenters. The van der Waals surface area contributed by atoms with E-state index in [0.717, 1.165) is 16.5 Å². The highest BCUT2D eigenvalue weighted by Gasteiger charge is 2.52. The van der Waals surface area contributed by atoms with Crippen molar-refractivity contribution in [1.82, 2.24) is 4.98 Å². The fraction of sp³-hybridized carbons (Fsp3) is 0.174. The van der Waals surface area contributed by atoms with Crippen molar-refractivity contribution in [3.05, 3.63) is 83.8 Å². The van der Waals surface area contributed by atoms with E-state index in [0.29, 0.717) is 5.56 Å². The molecule has 1 aromatic heterocycles. The number of anilines is 2. The molecule has 3 aromatic rings. The first-order valence-electron chi connectivity index (χ1n) is 9.66. The molecule has 1 aliphatic rings. The number of halogens is 1. The van der Waals surface area contributed by atoms with Crippen LogP contribution in [0.25, 0.3) is 0 Å². The number of carboxylic acids is 1. The lowest BCUT2D eigenvalue weighted by Crippen LogP contribution is -2.65. The molecule has 4 rings (SSSR count). The highest BCUT2D eigenvalue weighted by molar-refractivity contribution is 6.10. The number of hydrogen-bond donors (Lipinski definition) is 2. The second-order valence-corrected chi connectivity index (χ2v) is 7.28. The molecule has 1 fully saturated rings. The van der Waals surface area contributed by atoms with E-state index in [4.69, 9.17) is 10.5 Å². The average Bonchev–Trinajstić information content (AvgIpc) is 2.75. The Bertz CT molecular complexity index is 1120. The Morgan fingerprint density at radius 3 is 2.58 bits per heavy atom. The molecular formula is C23H20FN3O4. The molecule has 0 bridgehead atoms. The summed E-state index contributed by atoms with van der Waals surface area (Å²) in [6.07, 6.45) is 1.67. The van der Waals surface area contributed by atoms with Gasteiger partial charge in [-0.1, -0.05) is 30.3 Å². The van der Waals surface area contributed by atoms with Crippen LogP contribution in [0.4, 0.5) is 15.9 Å². The van der Waals surface area contributed by atoms with Crippen molar-refractivity contribution in [3.63, 3.8) is 0 Å². The van der Waals surface area contributed by atoms with Gasteiger partial charge in [0.05, 0.1) is 11.6 Å². The number of hydrogen-bond acceptors (Lipinski definition) is 5. The zero-order valence-electron chi connectivity index (χ0n) is 16.4. The number of nitrogens with zero attached hydrogens (tertiary/aromatic N) is 2. The first-order chi connectivity index (χ1) is 14.9. The number of nitrogen functional groups attached to an aromatic ring is 1. The summed E-state index contributed by atoms with van der Waals surface area (Å²) in [4.78, 5) is 29.4. The number of benzene rings is 2. The van der Waals surface area contributed by atoms with Gasteiger partial charge in [0.15, 0.2) is 5.82 Å². The molecule has 0 spiro atoms. The summed E-state index contributed by atoms with van der Waals surface area (Å²) in [5, 5.41) is 9.66. The largest absolute Gasteiger partial charge is 0.489 e. The van der Waals surface area contributed by atoms with Gasteiger partial charge in [-0.3, -0.25) is 9.69 Å². The Balaban J connectivity index is 1.50. The summed E-state index contributed by atoms with van der Waals surface area (Å²) in [5.41, 5.74) is 7.19. The zero-order valence-corrected chi connectivity index (χ0v) is 16.4. The molecule has 8 heteroatoms. The van der Waals surface area contributed by atoms with Crippen molar-refractivity contribution >= 4 is 23.4 Å². The first-order valence-corrected chi connectivity index (χ1v) is 9.66. The number of ether oxygens (including phenoxy) is 1. The molecule has 158 valence electrons. The van der Waals surface area contributed by atoms with E-state index in [9.17, 15) is 19.1 Å². The second-order valence-electron chi connectivity index (χ2n) is 7.28. The van der Waals surface area contributed by atoms with Crippen molar-refractivity contribution < 1.29 is 23.8 Å². The Labute approximate surface area is 177 Å². The lowest BCUT2D eigenvalue weighted by molar-refractivity contribution is -0.149. The molecule has 2 aromatic carbocycles. The summed E-state index contributed by atoms with van der Waals surface area (Å²) in [6, 6.07) is 15.5. The SMILES string of the molecule is Nc1cc(C[C@H]2C(=O)N(c3ccc(OCc4ccccc4)cc3F)[C@@H]2C(=O)O)ccn1. The van der Waals surface area contributed by atoms with E-state index in [1.807, 2.05) is 30.3 Å². The van der Waals surface area contributed by atoms with Gasteiger partial charge in [0.2, 0.25) is 5.91 Å². The highest BCUT2D eigenvalue weighted by Crippen LogP contribution is 2.37. The van der Waals surface area contributed by atoms with Crippen LogP contribution in [0, 0.1) is 11.7 Å². The molecule has 2 atom stereocenters. The number of aromatic nitrogens is 1. The summed E-state index contributed by atoms with van der Waals surface area (Å²) in [7, 11) is 0. The number of aliphatic carboxylic acids is 1. The number of rotatable bonds is 7. The van der Waals surface area contributed by atoms with E-state index in [1.54, 1.807) is 12.1 Å².